The maximum atomic E-state index is 12.9. The molecule has 0 atom stereocenters. The van der Waals surface area contributed by atoms with Gasteiger partial charge in [0.05, 0.1) is 12.7 Å². The Labute approximate surface area is 173 Å². The van der Waals surface area contributed by atoms with Crippen LogP contribution in [0.15, 0.2) is 54.9 Å². The summed E-state index contributed by atoms with van der Waals surface area (Å²) in [5.74, 6) is 2.06. The average molecular weight is 399 g/mol. The van der Waals surface area contributed by atoms with Crippen LogP contribution in [0.3, 0.4) is 0 Å². The van der Waals surface area contributed by atoms with Gasteiger partial charge < -0.3 is 10.5 Å². The first-order valence-corrected chi connectivity index (χ1v) is 9.94. The monoisotopic (exact) mass is 399 g/mol. The number of methoxy groups -OCH3 is 1. The molecule has 1 aliphatic carbocycles. The van der Waals surface area contributed by atoms with Crippen LogP contribution in [0, 0.1) is 0 Å². The first-order chi connectivity index (χ1) is 14.7. The highest BCUT2D eigenvalue weighted by Gasteiger charge is 2.28. The smallest absolute Gasteiger partial charge is 0.196 e. The topological polar surface area (TPSA) is 95.4 Å². The minimum absolute atomic E-state index is 0.0910. The van der Waals surface area contributed by atoms with Crippen molar-refractivity contribution in [2.75, 3.05) is 12.8 Å². The average Bonchev–Trinajstić information content (AvgIpc) is 3.13. The van der Waals surface area contributed by atoms with Crippen molar-refractivity contribution in [3.63, 3.8) is 0 Å². The van der Waals surface area contributed by atoms with Crippen LogP contribution in [0.1, 0.15) is 46.9 Å². The van der Waals surface area contributed by atoms with E-state index in [4.69, 9.17) is 15.5 Å². The maximum Gasteiger partial charge on any atom is 0.196 e. The zero-order valence-corrected chi connectivity index (χ0v) is 16.6. The summed E-state index contributed by atoms with van der Waals surface area (Å²) in [6.45, 7) is 0. The van der Waals surface area contributed by atoms with Crippen molar-refractivity contribution in [2.45, 2.75) is 25.2 Å². The molecule has 5 rings (SSSR count). The summed E-state index contributed by atoms with van der Waals surface area (Å²) >= 11 is 0. The number of carbonyl (C=O) groups excluding carboxylic acids is 1. The summed E-state index contributed by atoms with van der Waals surface area (Å²) in [7, 11) is 1.56. The van der Waals surface area contributed by atoms with Gasteiger partial charge in [0.2, 0.25) is 0 Å². The van der Waals surface area contributed by atoms with E-state index in [1.807, 2.05) is 30.3 Å². The Bertz CT molecular complexity index is 1250. The third-order valence-corrected chi connectivity index (χ3v) is 5.71. The molecule has 2 aromatic carbocycles. The van der Waals surface area contributed by atoms with E-state index in [2.05, 4.69) is 10.1 Å². The lowest BCUT2D eigenvalue weighted by Gasteiger charge is -2.23. The Kier molecular flexibility index (Phi) is 4.43. The highest BCUT2D eigenvalue weighted by Crippen LogP contribution is 2.39. The summed E-state index contributed by atoms with van der Waals surface area (Å²) in [5.41, 5.74) is 9.50. The third kappa shape index (κ3) is 2.90. The maximum absolute atomic E-state index is 12.9. The van der Waals surface area contributed by atoms with Crippen molar-refractivity contribution < 1.29 is 9.53 Å². The lowest BCUT2D eigenvalue weighted by Crippen LogP contribution is -2.14. The number of rotatable bonds is 5. The number of nitrogens with two attached hydrogens (primary N) is 1. The van der Waals surface area contributed by atoms with E-state index in [0.29, 0.717) is 39.8 Å². The second-order valence-corrected chi connectivity index (χ2v) is 7.46. The van der Waals surface area contributed by atoms with Crippen LogP contribution in [0.4, 0.5) is 5.82 Å². The number of aromatic nitrogens is 4. The Morgan fingerprint density at radius 2 is 1.97 bits per heavy atom. The molecule has 0 unspecified atom stereocenters. The fourth-order valence-electron chi connectivity index (χ4n) is 3.88. The molecule has 0 spiro atoms. The SMILES string of the molecule is COc1cc(-c2nc(C3CCC3)n3ncnc(N)c23)ccc1C(=O)c1ccccc1. The first kappa shape index (κ1) is 18.3. The molecular weight excluding hydrogens is 378 g/mol. The second-order valence-electron chi connectivity index (χ2n) is 7.46. The molecule has 1 aliphatic rings. The van der Waals surface area contributed by atoms with E-state index in [-0.39, 0.29) is 5.78 Å². The summed E-state index contributed by atoms with van der Waals surface area (Å²) in [6.07, 6.45) is 4.84. The summed E-state index contributed by atoms with van der Waals surface area (Å²) in [5, 5.41) is 4.40. The van der Waals surface area contributed by atoms with Gasteiger partial charge in [0.1, 0.15) is 29.1 Å². The molecule has 2 N–H and O–H groups in total. The van der Waals surface area contributed by atoms with Crippen molar-refractivity contribution >= 4 is 17.1 Å². The van der Waals surface area contributed by atoms with Crippen LogP contribution < -0.4 is 10.5 Å². The quantitative estimate of drug-likeness (QED) is 0.512. The number of nitrogen functional groups attached to an aromatic ring is 1. The van der Waals surface area contributed by atoms with Gasteiger partial charge in [-0.05, 0) is 25.0 Å². The van der Waals surface area contributed by atoms with E-state index < -0.39 is 0 Å². The Morgan fingerprint density at radius 3 is 2.67 bits per heavy atom. The van der Waals surface area contributed by atoms with Crippen molar-refractivity contribution in [3.8, 4) is 17.0 Å². The molecule has 1 fully saturated rings. The standard InChI is InChI=1S/C23H21N5O2/c1-30-18-12-16(10-11-17(18)21(29)14-6-3-2-4-7-14)19-20-22(24)25-13-26-28(20)23(27-19)15-8-5-9-15/h2-4,6-7,10-13,15H,5,8-9H2,1H3,(H2,24,25,26). The zero-order chi connectivity index (χ0) is 20.7. The van der Waals surface area contributed by atoms with E-state index >= 15 is 0 Å². The van der Waals surface area contributed by atoms with Gasteiger partial charge in [-0.25, -0.2) is 14.5 Å². The molecule has 0 amide bonds. The molecule has 4 aromatic rings. The summed E-state index contributed by atoms with van der Waals surface area (Å²) < 4.78 is 7.36. The van der Waals surface area contributed by atoms with E-state index in [0.717, 1.165) is 24.2 Å². The molecule has 30 heavy (non-hydrogen) atoms. The van der Waals surface area contributed by atoms with Crippen molar-refractivity contribution in [2.24, 2.45) is 0 Å². The highest BCUT2D eigenvalue weighted by molar-refractivity contribution is 6.11. The number of nitrogens with zero attached hydrogens (tertiary/aromatic N) is 4. The van der Waals surface area contributed by atoms with Crippen molar-refractivity contribution in [1.82, 2.24) is 19.6 Å². The molecule has 0 aliphatic heterocycles. The van der Waals surface area contributed by atoms with Crippen LogP contribution in [-0.4, -0.2) is 32.5 Å². The number of hydrogen-bond donors (Lipinski definition) is 1. The van der Waals surface area contributed by atoms with Crippen LogP contribution in [0.2, 0.25) is 0 Å². The highest BCUT2D eigenvalue weighted by atomic mass is 16.5. The molecule has 2 aromatic heterocycles. The van der Waals surface area contributed by atoms with Gasteiger partial charge in [-0.15, -0.1) is 0 Å². The normalized spacial score (nSPS) is 13.9. The van der Waals surface area contributed by atoms with Gasteiger partial charge in [-0.2, -0.15) is 5.10 Å². The molecule has 0 radical (unpaired) electrons. The largest absolute Gasteiger partial charge is 0.496 e. The molecule has 2 heterocycles. The molecular formula is C23H21N5O2. The van der Waals surface area contributed by atoms with Crippen LogP contribution in [-0.2, 0) is 0 Å². The molecule has 0 saturated heterocycles. The van der Waals surface area contributed by atoms with Gasteiger partial charge in [0.25, 0.3) is 0 Å². The minimum atomic E-state index is -0.0910. The number of anilines is 1. The predicted molar refractivity (Wildman–Crippen MR) is 114 cm³/mol. The minimum Gasteiger partial charge on any atom is -0.496 e. The van der Waals surface area contributed by atoms with E-state index in [1.165, 1.54) is 12.7 Å². The molecule has 1 saturated carbocycles. The van der Waals surface area contributed by atoms with Crippen molar-refractivity contribution in [3.05, 3.63) is 71.8 Å². The van der Waals surface area contributed by atoms with Gasteiger partial charge in [-0.3, -0.25) is 4.79 Å². The van der Waals surface area contributed by atoms with Crippen molar-refractivity contribution in [1.29, 1.82) is 0 Å². The van der Waals surface area contributed by atoms with Gasteiger partial charge in [0.15, 0.2) is 11.6 Å². The number of hydrogen-bond acceptors (Lipinski definition) is 6. The van der Waals surface area contributed by atoms with Gasteiger partial charge >= 0.3 is 0 Å². The number of ketones is 1. The van der Waals surface area contributed by atoms with Crippen LogP contribution >= 0.6 is 0 Å². The van der Waals surface area contributed by atoms with E-state index in [1.54, 1.807) is 29.8 Å². The summed E-state index contributed by atoms with van der Waals surface area (Å²) in [4.78, 5) is 22.0. The van der Waals surface area contributed by atoms with Gasteiger partial charge in [0, 0.05) is 17.0 Å². The first-order valence-electron chi connectivity index (χ1n) is 9.94. The Morgan fingerprint density at radius 1 is 1.17 bits per heavy atom. The second kappa shape index (κ2) is 7.26. The van der Waals surface area contributed by atoms with Gasteiger partial charge in [-0.1, -0.05) is 42.8 Å². The molecule has 150 valence electrons. The number of imidazole rings is 1. The number of benzene rings is 2. The number of carbonyl (C=O) groups is 1. The Hall–Kier alpha value is -3.74. The zero-order valence-electron chi connectivity index (χ0n) is 16.6. The number of fused-ring (bicyclic) bond motifs is 1. The summed E-state index contributed by atoms with van der Waals surface area (Å²) in [6, 6.07) is 14.6. The fraction of sp³-hybridized carbons (Fsp3) is 0.217. The molecule has 7 nitrogen and oxygen atoms in total. The molecule has 0 bridgehead atoms. The fourth-order valence-corrected chi connectivity index (χ4v) is 3.88. The Balaban J connectivity index is 1.63. The van der Waals surface area contributed by atoms with Crippen LogP contribution in [0.25, 0.3) is 16.8 Å². The molecule has 7 heteroatoms. The third-order valence-electron chi connectivity index (χ3n) is 5.71. The predicted octanol–water partition coefficient (Wildman–Crippen LogP) is 3.88. The lowest BCUT2D eigenvalue weighted by atomic mass is 9.85. The number of ether oxygens (including phenoxy) is 1. The van der Waals surface area contributed by atoms with E-state index in [9.17, 15) is 4.79 Å². The van der Waals surface area contributed by atoms with Crippen LogP contribution in [0.5, 0.6) is 5.75 Å². The lowest BCUT2D eigenvalue weighted by molar-refractivity contribution is 0.103.